The van der Waals surface area contributed by atoms with Crippen LogP contribution in [0.3, 0.4) is 0 Å². The Morgan fingerprint density at radius 3 is 2.78 bits per heavy atom. The maximum absolute atomic E-state index is 12.7. The van der Waals surface area contributed by atoms with Crippen LogP contribution in [-0.4, -0.2) is 28.8 Å². The van der Waals surface area contributed by atoms with E-state index in [9.17, 15) is 4.79 Å². The first kappa shape index (κ1) is 15.8. The number of aromatic nitrogens is 1. The molecule has 0 radical (unpaired) electrons. The van der Waals surface area contributed by atoms with Gasteiger partial charge in [0, 0.05) is 34.2 Å². The fourth-order valence-corrected chi connectivity index (χ4v) is 2.98. The average molecular weight is 327 g/mol. The lowest BCUT2D eigenvalue weighted by Gasteiger charge is -2.19. The van der Waals surface area contributed by atoms with Gasteiger partial charge in [-0.05, 0) is 30.3 Å². The first-order valence-electron chi connectivity index (χ1n) is 7.73. The van der Waals surface area contributed by atoms with Crippen molar-refractivity contribution in [1.29, 1.82) is 0 Å². The van der Waals surface area contributed by atoms with E-state index in [1.807, 2.05) is 48.5 Å². The Balaban J connectivity index is 1.75. The normalized spacial score (nSPS) is 11.3. The van der Waals surface area contributed by atoms with Crippen LogP contribution in [0.5, 0.6) is 0 Å². The number of halogens is 1. The molecule has 0 saturated carbocycles. The van der Waals surface area contributed by atoms with E-state index in [2.05, 4.69) is 16.8 Å². The highest BCUT2D eigenvalue weighted by Gasteiger charge is 2.15. The summed E-state index contributed by atoms with van der Waals surface area (Å²) in [4.78, 5) is 17.9. The summed E-state index contributed by atoms with van der Waals surface area (Å²) in [5, 5.41) is 1.71. The van der Waals surface area contributed by atoms with E-state index < -0.39 is 0 Å². The van der Waals surface area contributed by atoms with Gasteiger partial charge in [-0.15, -0.1) is 0 Å². The third kappa shape index (κ3) is 3.63. The van der Waals surface area contributed by atoms with E-state index in [1.165, 1.54) is 0 Å². The minimum Gasteiger partial charge on any atom is -0.360 e. The number of nitrogens with zero attached hydrogens (tertiary/aromatic N) is 1. The molecule has 0 aliphatic carbocycles. The number of likely N-dealkylation sites (N-methyl/N-ethyl adjacent to an activating group) is 1. The number of nitrogens with one attached hydrogen (secondary N) is 1. The van der Waals surface area contributed by atoms with Gasteiger partial charge in [-0.25, -0.2) is 0 Å². The summed E-state index contributed by atoms with van der Waals surface area (Å²) in [6, 6.07) is 15.7. The van der Waals surface area contributed by atoms with Gasteiger partial charge < -0.3 is 4.98 Å². The van der Waals surface area contributed by atoms with Gasteiger partial charge >= 0.3 is 0 Å². The number of carbonyl (C=O) groups excluding carboxylic acids is 1. The molecule has 0 atom stereocenters. The smallest absolute Gasteiger partial charge is 0.178 e. The highest BCUT2D eigenvalue weighted by atomic mass is 35.5. The molecule has 3 aromatic rings. The minimum atomic E-state index is 0.131. The van der Waals surface area contributed by atoms with Crippen molar-refractivity contribution in [3.05, 3.63) is 70.9 Å². The molecule has 1 N–H and O–H groups in total. The largest absolute Gasteiger partial charge is 0.360 e. The zero-order chi connectivity index (χ0) is 16.2. The lowest BCUT2D eigenvalue weighted by Crippen LogP contribution is -2.29. The van der Waals surface area contributed by atoms with E-state index in [0.717, 1.165) is 33.6 Å². The molecule has 2 aromatic carbocycles. The van der Waals surface area contributed by atoms with Crippen LogP contribution in [0.1, 0.15) is 22.8 Å². The second-order valence-electron chi connectivity index (χ2n) is 5.60. The van der Waals surface area contributed by atoms with Crippen molar-refractivity contribution in [1.82, 2.24) is 9.88 Å². The zero-order valence-corrected chi connectivity index (χ0v) is 13.8. The van der Waals surface area contributed by atoms with Gasteiger partial charge in [0.2, 0.25) is 0 Å². The molecule has 0 unspecified atom stereocenters. The monoisotopic (exact) mass is 326 g/mol. The summed E-state index contributed by atoms with van der Waals surface area (Å²) in [5.74, 6) is 0.131. The number of hydrogen-bond acceptors (Lipinski definition) is 2. The van der Waals surface area contributed by atoms with E-state index in [0.29, 0.717) is 13.1 Å². The molecular formula is C19H19ClN2O. The number of aromatic amines is 1. The van der Waals surface area contributed by atoms with Crippen molar-refractivity contribution in [3.63, 3.8) is 0 Å². The number of ketones is 1. The van der Waals surface area contributed by atoms with Gasteiger partial charge in [0.1, 0.15) is 0 Å². The summed E-state index contributed by atoms with van der Waals surface area (Å²) < 4.78 is 0. The van der Waals surface area contributed by atoms with Crippen LogP contribution in [-0.2, 0) is 6.54 Å². The van der Waals surface area contributed by atoms with Crippen molar-refractivity contribution in [2.45, 2.75) is 13.5 Å². The number of carbonyl (C=O) groups is 1. The molecule has 3 rings (SSSR count). The Morgan fingerprint density at radius 2 is 2.00 bits per heavy atom. The van der Waals surface area contributed by atoms with Crippen LogP contribution in [0.2, 0.25) is 5.02 Å². The molecule has 118 valence electrons. The second kappa shape index (κ2) is 6.99. The fraction of sp³-hybridized carbons (Fsp3) is 0.211. The molecular weight excluding hydrogens is 308 g/mol. The average Bonchev–Trinajstić information content (AvgIpc) is 2.98. The Labute approximate surface area is 140 Å². The molecule has 1 aromatic heterocycles. The van der Waals surface area contributed by atoms with Crippen LogP contribution in [0.4, 0.5) is 0 Å². The lowest BCUT2D eigenvalue weighted by atomic mass is 10.1. The summed E-state index contributed by atoms with van der Waals surface area (Å²) in [5.41, 5.74) is 2.87. The highest BCUT2D eigenvalue weighted by Crippen LogP contribution is 2.19. The van der Waals surface area contributed by atoms with Gasteiger partial charge in [-0.1, -0.05) is 48.9 Å². The van der Waals surface area contributed by atoms with Crippen molar-refractivity contribution in [2.75, 3.05) is 13.1 Å². The Morgan fingerprint density at radius 1 is 1.17 bits per heavy atom. The molecule has 0 aliphatic rings. The third-order valence-corrected chi connectivity index (χ3v) is 4.23. The molecule has 0 saturated heterocycles. The minimum absolute atomic E-state index is 0.131. The van der Waals surface area contributed by atoms with E-state index in [4.69, 9.17) is 11.6 Å². The summed E-state index contributed by atoms with van der Waals surface area (Å²) >= 11 is 6.03. The van der Waals surface area contributed by atoms with Gasteiger partial charge in [-0.3, -0.25) is 9.69 Å². The first-order valence-corrected chi connectivity index (χ1v) is 8.11. The molecule has 1 heterocycles. The predicted molar refractivity (Wildman–Crippen MR) is 95.0 cm³/mol. The molecule has 4 heteroatoms. The summed E-state index contributed by atoms with van der Waals surface area (Å²) in [6.45, 7) is 3.98. The SMILES string of the molecule is CCN(CC(=O)c1c[nH]c2ccccc12)Cc1cccc(Cl)c1. The number of benzene rings is 2. The van der Waals surface area contributed by atoms with Crippen LogP contribution in [0.25, 0.3) is 10.9 Å². The Bertz CT molecular complexity index is 825. The molecule has 23 heavy (non-hydrogen) atoms. The van der Waals surface area contributed by atoms with Crippen molar-refractivity contribution >= 4 is 28.3 Å². The number of Topliss-reactive ketones (excluding diaryl/α,β-unsaturated/α-hetero) is 1. The molecule has 0 amide bonds. The highest BCUT2D eigenvalue weighted by molar-refractivity contribution is 6.30. The van der Waals surface area contributed by atoms with Gasteiger partial charge in [0.25, 0.3) is 0 Å². The topological polar surface area (TPSA) is 36.1 Å². The maximum Gasteiger partial charge on any atom is 0.178 e. The molecule has 0 fully saturated rings. The van der Waals surface area contributed by atoms with Gasteiger partial charge in [0.05, 0.1) is 6.54 Å². The van der Waals surface area contributed by atoms with Crippen LogP contribution < -0.4 is 0 Å². The first-order chi connectivity index (χ1) is 11.2. The van der Waals surface area contributed by atoms with Crippen LogP contribution >= 0.6 is 11.6 Å². The quantitative estimate of drug-likeness (QED) is 0.676. The van der Waals surface area contributed by atoms with Crippen molar-refractivity contribution in [3.8, 4) is 0 Å². The fourth-order valence-electron chi connectivity index (χ4n) is 2.76. The molecule has 0 spiro atoms. The molecule has 0 aliphatic heterocycles. The lowest BCUT2D eigenvalue weighted by molar-refractivity contribution is 0.0931. The number of rotatable bonds is 6. The van der Waals surface area contributed by atoms with E-state index in [1.54, 1.807) is 6.20 Å². The molecule has 3 nitrogen and oxygen atoms in total. The standard InChI is InChI=1S/C19H19ClN2O/c1-2-22(12-14-6-5-7-15(20)10-14)13-19(23)17-11-21-18-9-4-3-8-16(17)18/h3-11,21H,2,12-13H2,1H3. The molecule has 0 bridgehead atoms. The summed E-state index contributed by atoms with van der Waals surface area (Å²) in [7, 11) is 0. The van der Waals surface area contributed by atoms with E-state index >= 15 is 0 Å². The third-order valence-electron chi connectivity index (χ3n) is 4.00. The number of H-pyrrole nitrogens is 1. The van der Waals surface area contributed by atoms with Crippen molar-refractivity contribution < 1.29 is 4.79 Å². The van der Waals surface area contributed by atoms with Crippen molar-refractivity contribution in [2.24, 2.45) is 0 Å². The number of hydrogen-bond donors (Lipinski definition) is 1. The van der Waals surface area contributed by atoms with Gasteiger partial charge in [-0.2, -0.15) is 0 Å². The zero-order valence-electron chi connectivity index (χ0n) is 13.1. The number of para-hydroxylation sites is 1. The maximum atomic E-state index is 12.7. The Kier molecular flexibility index (Phi) is 4.79. The Hall–Kier alpha value is -2.10. The summed E-state index contributed by atoms with van der Waals surface area (Å²) in [6.07, 6.45) is 1.81. The van der Waals surface area contributed by atoms with Gasteiger partial charge in [0.15, 0.2) is 5.78 Å². The second-order valence-corrected chi connectivity index (χ2v) is 6.04. The predicted octanol–water partition coefficient (Wildman–Crippen LogP) is 4.53. The van der Waals surface area contributed by atoms with Crippen LogP contribution in [0, 0.1) is 0 Å². The van der Waals surface area contributed by atoms with Crippen LogP contribution in [0.15, 0.2) is 54.7 Å². The van der Waals surface area contributed by atoms with E-state index in [-0.39, 0.29) is 5.78 Å². The number of fused-ring (bicyclic) bond motifs is 1.